The van der Waals surface area contributed by atoms with E-state index >= 15 is 0 Å². The number of aromatic nitrogens is 4. The van der Waals surface area contributed by atoms with Crippen LogP contribution in [0.15, 0.2) is 83.3 Å². The maximum absolute atomic E-state index is 12.3. The summed E-state index contributed by atoms with van der Waals surface area (Å²) in [6.07, 6.45) is 4.92. The van der Waals surface area contributed by atoms with Gasteiger partial charge in [-0.05, 0) is 43.7 Å². The van der Waals surface area contributed by atoms with Crippen LogP contribution in [0.3, 0.4) is 0 Å². The third-order valence-electron chi connectivity index (χ3n) is 4.68. The molecule has 7 nitrogen and oxygen atoms in total. The molecule has 0 saturated carbocycles. The number of thioether (sulfide) groups is 1. The smallest absolute Gasteiger partial charge is 0.250 e. The van der Waals surface area contributed by atoms with E-state index in [1.165, 1.54) is 22.9 Å². The molecule has 0 aliphatic rings. The van der Waals surface area contributed by atoms with Crippen LogP contribution in [0.5, 0.6) is 0 Å². The third-order valence-corrected chi connectivity index (χ3v) is 5.61. The highest BCUT2D eigenvalue weighted by Crippen LogP contribution is 2.28. The summed E-state index contributed by atoms with van der Waals surface area (Å²) in [5.41, 5.74) is 7.64. The van der Waals surface area contributed by atoms with Crippen molar-refractivity contribution in [1.29, 1.82) is 0 Å². The molecule has 2 aromatic heterocycles. The number of aryl methyl sites for hydroxylation is 2. The number of nitrogens with one attached hydrogen (secondary N) is 1. The highest BCUT2D eigenvalue weighted by atomic mass is 32.2. The van der Waals surface area contributed by atoms with Gasteiger partial charge in [0.1, 0.15) is 0 Å². The van der Waals surface area contributed by atoms with Gasteiger partial charge in [0.15, 0.2) is 11.0 Å². The second kappa shape index (κ2) is 10.0. The van der Waals surface area contributed by atoms with E-state index in [1.54, 1.807) is 30.7 Å². The fourth-order valence-corrected chi connectivity index (χ4v) is 3.71. The van der Waals surface area contributed by atoms with Crippen molar-refractivity contribution in [3.05, 3.63) is 89.7 Å². The molecule has 0 unspecified atom stereocenters. The van der Waals surface area contributed by atoms with Gasteiger partial charge in [-0.2, -0.15) is 5.10 Å². The highest BCUT2D eigenvalue weighted by molar-refractivity contribution is 7.99. The maximum atomic E-state index is 12.3. The molecule has 1 N–H and O–H groups in total. The zero-order valence-electron chi connectivity index (χ0n) is 17.8. The number of nitrogens with zero attached hydrogens (tertiary/aromatic N) is 5. The van der Waals surface area contributed by atoms with E-state index in [9.17, 15) is 4.79 Å². The maximum Gasteiger partial charge on any atom is 0.250 e. The summed E-state index contributed by atoms with van der Waals surface area (Å²) in [6, 6.07) is 19.9. The molecule has 0 spiro atoms. The van der Waals surface area contributed by atoms with Gasteiger partial charge in [0.25, 0.3) is 5.91 Å². The first-order valence-electron chi connectivity index (χ1n) is 10.0. The van der Waals surface area contributed by atoms with Crippen LogP contribution in [0.2, 0.25) is 0 Å². The molecule has 160 valence electrons. The van der Waals surface area contributed by atoms with E-state index in [2.05, 4.69) is 25.7 Å². The topological polar surface area (TPSA) is 85.1 Å². The van der Waals surface area contributed by atoms with Crippen molar-refractivity contribution in [2.24, 2.45) is 5.10 Å². The normalized spacial score (nSPS) is 11.1. The molecule has 0 saturated heterocycles. The lowest BCUT2D eigenvalue weighted by Crippen LogP contribution is -2.20. The molecule has 0 aliphatic heterocycles. The molecule has 8 heteroatoms. The first kappa shape index (κ1) is 21.5. The molecule has 32 heavy (non-hydrogen) atoms. The van der Waals surface area contributed by atoms with Gasteiger partial charge in [-0.1, -0.05) is 59.3 Å². The minimum atomic E-state index is -0.226. The molecule has 0 atom stereocenters. The van der Waals surface area contributed by atoms with E-state index in [0.717, 1.165) is 22.6 Å². The Balaban J connectivity index is 1.53. The first-order valence-corrected chi connectivity index (χ1v) is 11.0. The van der Waals surface area contributed by atoms with E-state index < -0.39 is 0 Å². The lowest BCUT2D eigenvalue weighted by atomic mass is 10.1. The first-order chi connectivity index (χ1) is 15.6. The van der Waals surface area contributed by atoms with E-state index in [-0.39, 0.29) is 11.7 Å². The second-order valence-electron chi connectivity index (χ2n) is 7.21. The van der Waals surface area contributed by atoms with Crippen molar-refractivity contribution in [3.8, 4) is 17.1 Å². The number of carbonyl (C=O) groups excluding carboxylic acids is 1. The third kappa shape index (κ3) is 5.28. The molecular weight excluding hydrogens is 420 g/mol. The summed E-state index contributed by atoms with van der Waals surface area (Å²) in [7, 11) is 0. The Morgan fingerprint density at radius 1 is 0.969 bits per heavy atom. The van der Waals surface area contributed by atoms with Gasteiger partial charge in [-0.3, -0.25) is 14.3 Å². The summed E-state index contributed by atoms with van der Waals surface area (Å²) in [5.74, 6) is 0.661. The quantitative estimate of drug-likeness (QED) is 0.264. The summed E-state index contributed by atoms with van der Waals surface area (Å²) in [4.78, 5) is 16.2. The molecule has 1 amide bonds. The minimum absolute atomic E-state index is 0.158. The molecule has 2 aromatic carbocycles. The van der Waals surface area contributed by atoms with Gasteiger partial charge in [0.2, 0.25) is 0 Å². The molecule has 4 aromatic rings. The number of amides is 1. The van der Waals surface area contributed by atoms with Gasteiger partial charge in [0.05, 0.1) is 12.0 Å². The fraction of sp³-hybridized carbons (Fsp3) is 0.125. The summed E-state index contributed by atoms with van der Waals surface area (Å²) in [5, 5.41) is 13.4. The van der Waals surface area contributed by atoms with Crippen LogP contribution in [-0.2, 0) is 4.79 Å². The average molecular weight is 443 g/mol. The summed E-state index contributed by atoms with van der Waals surface area (Å²) in [6.45, 7) is 4.09. The van der Waals surface area contributed by atoms with Crippen LogP contribution in [0, 0.1) is 13.8 Å². The number of hydrogen-bond acceptors (Lipinski definition) is 6. The molecule has 4 rings (SSSR count). The number of pyridine rings is 1. The summed E-state index contributed by atoms with van der Waals surface area (Å²) < 4.78 is 1.97. The zero-order chi connectivity index (χ0) is 22.3. The van der Waals surface area contributed by atoms with Crippen LogP contribution in [0.1, 0.15) is 16.7 Å². The summed E-state index contributed by atoms with van der Waals surface area (Å²) >= 11 is 1.31. The fourth-order valence-electron chi connectivity index (χ4n) is 2.97. The highest BCUT2D eigenvalue weighted by Gasteiger charge is 2.17. The lowest BCUT2D eigenvalue weighted by molar-refractivity contribution is -0.118. The van der Waals surface area contributed by atoms with Crippen molar-refractivity contribution in [1.82, 2.24) is 25.2 Å². The molecule has 2 heterocycles. The monoisotopic (exact) mass is 442 g/mol. The van der Waals surface area contributed by atoms with Crippen molar-refractivity contribution in [3.63, 3.8) is 0 Å². The number of benzene rings is 2. The van der Waals surface area contributed by atoms with Gasteiger partial charge >= 0.3 is 0 Å². The van der Waals surface area contributed by atoms with Crippen molar-refractivity contribution < 1.29 is 4.79 Å². The average Bonchev–Trinajstić information content (AvgIpc) is 3.23. The molecule has 0 bridgehead atoms. The Morgan fingerprint density at radius 3 is 2.31 bits per heavy atom. The van der Waals surface area contributed by atoms with Crippen molar-refractivity contribution in [2.45, 2.75) is 19.0 Å². The van der Waals surface area contributed by atoms with Crippen molar-refractivity contribution in [2.75, 3.05) is 5.75 Å². The van der Waals surface area contributed by atoms with E-state index in [1.807, 2.05) is 66.9 Å². The Labute approximate surface area is 190 Å². The Kier molecular flexibility index (Phi) is 6.72. The molecular formula is C24H22N6OS. The largest absolute Gasteiger partial charge is 0.272 e. The SMILES string of the molecule is Cc1ccc(-c2nnc(SCC(=O)NN=Cc3ccncc3)n2-c2ccc(C)cc2)cc1. The number of hydrazone groups is 1. The van der Waals surface area contributed by atoms with Gasteiger partial charge < -0.3 is 0 Å². The van der Waals surface area contributed by atoms with Crippen LogP contribution in [0.4, 0.5) is 0 Å². The number of carbonyl (C=O) groups is 1. The van der Waals surface area contributed by atoms with Gasteiger partial charge in [0, 0.05) is 23.6 Å². The molecule has 0 fully saturated rings. The van der Waals surface area contributed by atoms with Crippen LogP contribution in [-0.4, -0.2) is 37.6 Å². The lowest BCUT2D eigenvalue weighted by Gasteiger charge is -2.11. The standard InChI is InChI=1S/C24H22N6OS/c1-17-3-7-20(8-4-17)23-28-29-24(30(23)21-9-5-18(2)6-10-21)32-16-22(31)27-26-15-19-11-13-25-14-12-19/h3-15H,16H2,1-2H3,(H,27,31). The van der Waals surface area contributed by atoms with E-state index in [4.69, 9.17) is 0 Å². The Bertz CT molecular complexity index is 1220. The van der Waals surface area contributed by atoms with Crippen LogP contribution >= 0.6 is 11.8 Å². The molecule has 0 aliphatic carbocycles. The zero-order valence-corrected chi connectivity index (χ0v) is 18.6. The minimum Gasteiger partial charge on any atom is -0.272 e. The number of hydrogen-bond donors (Lipinski definition) is 1. The number of rotatable bonds is 7. The van der Waals surface area contributed by atoms with Gasteiger partial charge in [-0.15, -0.1) is 10.2 Å². The predicted molar refractivity (Wildman–Crippen MR) is 127 cm³/mol. The Hall–Kier alpha value is -3.78. The van der Waals surface area contributed by atoms with Crippen LogP contribution < -0.4 is 5.43 Å². The Morgan fingerprint density at radius 2 is 1.62 bits per heavy atom. The predicted octanol–water partition coefficient (Wildman–Crippen LogP) is 4.19. The molecule has 0 radical (unpaired) electrons. The van der Waals surface area contributed by atoms with Crippen molar-refractivity contribution >= 4 is 23.9 Å². The van der Waals surface area contributed by atoms with Gasteiger partial charge in [-0.25, -0.2) is 5.43 Å². The van der Waals surface area contributed by atoms with Crippen LogP contribution in [0.25, 0.3) is 17.1 Å². The van der Waals surface area contributed by atoms with E-state index in [0.29, 0.717) is 5.16 Å². The second-order valence-corrected chi connectivity index (χ2v) is 8.15.